The predicted octanol–water partition coefficient (Wildman–Crippen LogP) is 2.37. The SMILES string of the molecule is Cc1cncc(C2CCC3(CCN(C)C3)C2)n1. The number of nitrogens with zero attached hydrogens (tertiary/aromatic N) is 3. The molecule has 0 amide bonds. The lowest BCUT2D eigenvalue weighted by Crippen LogP contribution is -2.22. The highest BCUT2D eigenvalue weighted by Gasteiger charge is 2.43. The minimum absolute atomic E-state index is 0.588. The van der Waals surface area contributed by atoms with Gasteiger partial charge in [-0.1, -0.05) is 0 Å². The third-order valence-corrected chi connectivity index (χ3v) is 4.52. The average Bonchev–Trinajstić information content (AvgIpc) is 2.87. The maximum Gasteiger partial charge on any atom is 0.0620 e. The van der Waals surface area contributed by atoms with Crippen molar-refractivity contribution in [1.82, 2.24) is 14.9 Å². The van der Waals surface area contributed by atoms with Gasteiger partial charge in [0.05, 0.1) is 11.4 Å². The van der Waals surface area contributed by atoms with Crippen molar-refractivity contribution in [3.63, 3.8) is 0 Å². The molecular formula is C14H21N3. The van der Waals surface area contributed by atoms with E-state index in [4.69, 9.17) is 0 Å². The van der Waals surface area contributed by atoms with Crippen LogP contribution in [0.2, 0.25) is 0 Å². The van der Waals surface area contributed by atoms with Gasteiger partial charge < -0.3 is 4.90 Å². The fourth-order valence-electron chi connectivity index (χ4n) is 3.67. The molecule has 2 fully saturated rings. The van der Waals surface area contributed by atoms with E-state index in [1.165, 1.54) is 44.5 Å². The monoisotopic (exact) mass is 231 g/mol. The maximum atomic E-state index is 4.65. The van der Waals surface area contributed by atoms with E-state index in [9.17, 15) is 0 Å². The Kier molecular flexibility index (Phi) is 2.66. The van der Waals surface area contributed by atoms with Gasteiger partial charge in [-0.25, -0.2) is 0 Å². The van der Waals surface area contributed by atoms with E-state index in [1.807, 2.05) is 19.3 Å². The summed E-state index contributed by atoms with van der Waals surface area (Å²) in [5, 5.41) is 0. The molecule has 0 aromatic carbocycles. The Bertz CT molecular complexity index is 418. The first-order valence-electron chi connectivity index (χ1n) is 6.64. The second-order valence-corrected chi connectivity index (χ2v) is 6.01. The first-order valence-corrected chi connectivity index (χ1v) is 6.64. The molecule has 2 atom stereocenters. The van der Waals surface area contributed by atoms with Crippen LogP contribution >= 0.6 is 0 Å². The number of hydrogen-bond donors (Lipinski definition) is 0. The number of rotatable bonds is 1. The molecule has 2 aliphatic rings. The lowest BCUT2D eigenvalue weighted by atomic mass is 9.84. The van der Waals surface area contributed by atoms with Gasteiger partial charge in [0, 0.05) is 24.9 Å². The summed E-state index contributed by atoms with van der Waals surface area (Å²) in [6.45, 7) is 4.58. The normalized spacial score (nSPS) is 33.6. The van der Waals surface area contributed by atoms with E-state index in [1.54, 1.807) is 0 Å². The van der Waals surface area contributed by atoms with Gasteiger partial charge in [-0.3, -0.25) is 9.97 Å². The zero-order valence-electron chi connectivity index (χ0n) is 10.8. The summed E-state index contributed by atoms with van der Waals surface area (Å²) in [7, 11) is 2.24. The second-order valence-electron chi connectivity index (χ2n) is 6.01. The van der Waals surface area contributed by atoms with Crippen LogP contribution in [0.25, 0.3) is 0 Å². The Balaban J connectivity index is 1.76. The minimum Gasteiger partial charge on any atom is -0.306 e. The molecule has 3 heteroatoms. The van der Waals surface area contributed by atoms with Crippen LogP contribution in [0.1, 0.15) is 43.0 Å². The molecule has 0 radical (unpaired) electrons. The van der Waals surface area contributed by atoms with Gasteiger partial charge in [-0.2, -0.15) is 0 Å². The highest BCUT2D eigenvalue weighted by Crippen LogP contribution is 2.50. The standard InChI is InChI=1S/C14H21N3/c1-11-8-15-9-13(16-11)12-3-4-14(7-12)5-6-17(2)10-14/h8-9,12H,3-7,10H2,1-2H3. The van der Waals surface area contributed by atoms with E-state index < -0.39 is 0 Å². The zero-order valence-corrected chi connectivity index (χ0v) is 10.8. The molecule has 1 aromatic rings. The molecule has 17 heavy (non-hydrogen) atoms. The number of aromatic nitrogens is 2. The molecule has 92 valence electrons. The summed E-state index contributed by atoms with van der Waals surface area (Å²) in [6.07, 6.45) is 9.17. The van der Waals surface area contributed by atoms with E-state index >= 15 is 0 Å². The molecule has 2 heterocycles. The zero-order chi connectivity index (χ0) is 11.9. The van der Waals surface area contributed by atoms with Crippen molar-refractivity contribution in [2.45, 2.75) is 38.5 Å². The summed E-state index contributed by atoms with van der Waals surface area (Å²) < 4.78 is 0. The Hall–Kier alpha value is -0.960. The van der Waals surface area contributed by atoms with Gasteiger partial charge >= 0.3 is 0 Å². The predicted molar refractivity (Wildman–Crippen MR) is 67.9 cm³/mol. The molecule has 1 spiro atoms. The molecule has 1 saturated carbocycles. The van der Waals surface area contributed by atoms with Crippen LogP contribution in [0.4, 0.5) is 0 Å². The van der Waals surface area contributed by atoms with E-state index in [0.717, 1.165) is 5.69 Å². The highest BCUT2D eigenvalue weighted by atomic mass is 15.1. The minimum atomic E-state index is 0.588. The number of hydrogen-bond acceptors (Lipinski definition) is 3. The quantitative estimate of drug-likeness (QED) is 0.743. The summed E-state index contributed by atoms with van der Waals surface area (Å²) in [5.41, 5.74) is 2.86. The fourth-order valence-corrected chi connectivity index (χ4v) is 3.67. The summed E-state index contributed by atoms with van der Waals surface area (Å²) in [6, 6.07) is 0. The second kappa shape index (κ2) is 4.05. The lowest BCUT2D eigenvalue weighted by molar-refractivity contribution is 0.286. The van der Waals surface area contributed by atoms with Crippen molar-refractivity contribution < 1.29 is 0 Å². The van der Waals surface area contributed by atoms with Crippen molar-refractivity contribution in [1.29, 1.82) is 0 Å². The van der Waals surface area contributed by atoms with Gasteiger partial charge in [0.25, 0.3) is 0 Å². The van der Waals surface area contributed by atoms with Crippen molar-refractivity contribution in [2.75, 3.05) is 20.1 Å². The van der Waals surface area contributed by atoms with Crippen molar-refractivity contribution in [3.05, 3.63) is 23.8 Å². The van der Waals surface area contributed by atoms with Crippen molar-refractivity contribution >= 4 is 0 Å². The number of likely N-dealkylation sites (tertiary alicyclic amines) is 1. The van der Waals surface area contributed by atoms with Crippen LogP contribution in [0, 0.1) is 12.3 Å². The van der Waals surface area contributed by atoms with E-state index in [-0.39, 0.29) is 0 Å². The summed E-state index contributed by atoms with van der Waals surface area (Å²) >= 11 is 0. The molecular weight excluding hydrogens is 210 g/mol. The summed E-state index contributed by atoms with van der Waals surface area (Å²) in [5.74, 6) is 0.647. The molecule has 1 aromatic heterocycles. The Morgan fingerprint density at radius 2 is 2.24 bits per heavy atom. The topological polar surface area (TPSA) is 29.0 Å². The third-order valence-electron chi connectivity index (χ3n) is 4.52. The van der Waals surface area contributed by atoms with Gasteiger partial charge in [0.2, 0.25) is 0 Å². The van der Waals surface area contributed by atoms with E-state index in [0.29, 0.717) is 11.3 Å². The first-order chi connectivity index (χ1) is 8.17. The van der Waals surface area contributed by atoms with Crippen molar-refractivity contribution in [2.24, 2.45) is 5.41 Å². The van der Waals surface area contributed by atoms with Crippen LogP contribution in [-0.4, -0.2) is 35.0 Å². The largest absolute Gasteiger partial charge is 0.306 e. The summed E-state index contributed by atoms with van der Waals surface area (Å²) in [4.78, 5) is 11.4. The van der Waals surface area contributed by atoms with Gasteiger partial charge in [-0.15, -0.1) is 0 Å². The molecule has 1 aliphatic carbocycles. The molecule has 1 aliphatic heterocycles. The number of aryl methyl sites for hydroxylation is 1. The molecule has 0 N–H and O–H groups in total. The molecule has 1 saturated heterocycles. The average molecular weight is 231 g/mol. The molecule has 3 rings (SSSR count). The molecule has 0 bridgehead atoms. The molecule has 3 nitrogen and oxygen atoms in total. The van der Waals surface area contributed by atoms with Gasteiger partial charge in [0.1, 0.15) is 0 Å². The fraction of sp³-hybridized carbons (Fsp3) is 0.714. The Morgan fingerprint density at radius 3 is 2.94 bits per heavy atom. The smallest absolute Gasteiger partial charge is 0.0620 e. The highest BCUT2D eigenvalue weighted by molar-refractivity contribution is 5.12. The van der Waals surface area contributed by atoms with Crippen LogP contribution < -0.4 is 0 Å². The van der Waals surface area contributed by atoms with Crippen LogP contribution in [-0.2, 0) is 0 Å². The lowest BCUT2D eigenvalue weighted by Gasteiger charge is -2.23. The van der Waals surface area contributed by atoms with Gasteiger partial charge in [0.15, 0.2) is 0 Å². The first kappa shape index (κ1) is 11.1. The van der Waals surface area contributed by atoms with Crippen LogP contribution in [0.3, 0.4) is 0 Å². The Morgan fingerprint density at radius 1 is 1.35 bits per heavy atom. The van der Waals surface area contributed by atoms with Crippen LogP contribution in [0.5, 0.6) is 0 Å². The molecule has 2 unspecified atom stereocenters. The van der Waals surface area contributed by atoms with E-state index in [2.05, 4.69) is 21.9 Å². The van der Waals surface area contributed by atoms with Crippen LogP contribution in [0.15, 0.2) is 12.4 Å². The maximum absolute atomic E-state index is 4.65. The van der Waals surface area contributed by atoms with Gasteiger partial charge in [-0.05, 0) is 51.6 Å². The Labute approximate surface area is 103 Å². The third kappa shape index (κ3) is 2.08. The van der Waals surface area contributed by atoms with Crippen molar-refractivity contribution in [3.8, 4) is 0 Å².